The third-order valence-electron chi connectivity index (χ3n) is 2.50. The highest BCUT2D eigenvalue weighted by atomic mass is 19.2. The Kier molecular flexibility index (Phi) is 3.22. The number of aryl methyl sites for hydroxylation is 1. The predicted molar refractivity (Wildman–Crippen MR) is 56.9 cm³/mol. The molecule has 0 fully saturated rings. The smallest absolute Gasteiger partial charge is 0.185 e. The Bertz CT molecular complexity index is 554. The number of rotatable bonds is 3. The molecule has 0 spiro atoms. The van der Waals surface area contributed by atoms with Crippen LogP contribution in [0.2, 0.25) is 0 Å². The fourth-order valence-corrected chi connectivity index (χ4v) is 1.47. The lowest BCUT2D eigenvalue weighted by Crippen LogP contribution is -2.07. The summed E-state index contributed by atoms with van der Waals surface area (Å²) in [4.78, 5) is 0. The molecule has 96 valence electrons. The van der Waals surface area contributed by atoms with Gasteiger partial charge in [-0.1, -0.05) is 0 Å². The molecule has 0 aliphatic heterocycles. The largest absolute Gasteiger partial charge is 0.376 e. The van der Waals surface area contributed by atoms with Crippen LogP contribution in [0, 0.1) is 30.2 Å². The van der Waals surface area contributed by atoms with Crippen molar-refractivity contribution < 1.29 is 17.6 Å². The molecule has 0 unspecified atom stereocenters. The first-order chi connectivity index (χ1) is 8.50. The molecule has 2 N–H and O–H groups in total. The van der Waals surface area contributed by atoms with E-state index < -0.39 is 29.0 Å². The molecule has 0 atom stereocenters. The van der Waals surface area contributed by atoms with E-state index in [4.69, 9.17) is 0 Å². The highest BCUT2D eigenvalue weighted by Crippen LogP contribution is 2.24. The molecule has 1 aromatic carbocycles. The van der Waals surface area contributed by atoms with E-state index in [1.165, 1.54) is 6.20 Å². The summed E-state index contributed by atoms with van der Waals surface area (Å²) in [5, 5.41) is 8.66. The highest BCUT2D eigenvalue weighted by molar-refractivity contribution is 5.47. The second-order valence-corrected chi connectivity index (χ2v) is 3.72. The Morgan fingerprint density at radius 3 is 2.28 bits per heavy atom. The summed E-state index contributed by atoms with van der Waals surface area (Å²) in [7, 11) is 0. The Labute approximate surface area is 99.8 Å². The molecule has 0 saturated carbocycles. The minimum Gasteiger partial charge on any atom is -0.376 e. The maximum absolute atomic E-state index is 13.3. The van der Waals surface area contributed by atoms with Crippen LogP contribution in [0.25, 0.3) is 0 Å². The SMILES string of the molecule is Cc1[nH]ncc1CNc1c(F)c(F)cc(F)c1F. The van der Waals surface area contributed by atoms with Crippen LogP contribution in [-0.4, -0.2) is 10.2 Å². The van der Waals surface area contributed by atoms with Gasteiger partial charge in [0.2, 0.25) is 0 Å². The van der Waals surface area contributed by atoms with E-state index in [1.807, 2.05) is 0 Å². The van der Waals surface area contributed by atoms with Crippen LogP contribution < -0.4 is 5.32 Å². The first-order valence-electron chi connectivity index (χ1n) is 5.06. The summed E-state index contributed by atoms with van der Waals surface area (Å²) in [5.74, 6) is -5.79. The summed E-state index contributed by atoms with van der Waals surface area (Å²) in [6.07, 6.45) is 1.45. The molecular weight excluding hydrogens is 250 g/mol. The summed E-state index contributed by atoms with van der Waals surface area (Å²) >= 11 is 0. The summed E-state index contributed by atoms with van der Waals surface area (Å²) in [5.41, 5.74) is 0.506. The minimum atomic E-state index is -1.45. The topological polar surface area (TPSA) is 40.7 Å². The molecule has 1 heterocycles. The van der Waals surface area contributed by atoms with Gasteiger partial charge in [0.1, 0.15) is 5.69 Å². The molecule has 0 saturated heterocycles. The van der Waals surface area contributed by atoms with Gasteiger partial charge in [-0.05, 0) is 6.92 Å². The van der Waals surface area contributed by atoms with Gasteiger partial charge in [-0.25, -0.2) is 17.6 Å². The van der Waals surface area contributed by atoms with E-state index in [1.54, 1.807) is 6.92 Å². The molecular formula is C11H9F4N3. The van der Waals surface area contributed by atoms with Gasteiger partial charge in [0, 0.05) is 23.9 Å². The Morgan fingerprint density at radius 2 is 1.78 bits per heavy atom. The average molecular weight is 259 g/mol. The van der Waals surface area contributed by atoms with E-state index in [0.717, 1.165) is 0 Å². The van der Waals surface area contributed by atoms with E-state index in [9.17, 15) is 17.6 Å². The first-order valence-corrected chi connectivity index (χ1v) is 5.06. The number of benzene rings is 1. The van der Waals surface area contributed by atoms with Crippen LogP contribution in [0.15, 0.2) is 12.3 Å². The van der Waals surface area contributed by atoms with Crippen LogP contribution in [0.5, 0.6) is 0 Å². The monoisotopic (exact) mass is 259 g/mol. The van der Waals surface area contributed by atoms with Gasteiger partial charge in [-0.15, -0.1) is 0 Å². The Balaban J connectivity index is 2.27. The van der Waals surface area contributed by atoms with Gasteiger partial charge < -0.3 is 5.32 Å². The van der Waals surface area contributed by atoms with Crippen LogP contribution in [0.1, 0.15) is 11.3 Å². The second-order valence-electron chi connectivity index (χ2n) is 3.72. The minimum absolute atomic E-state index is 0.000926. The maximum atomic E-state index is 13.3. The van der Waals surface area contributed by atoms with Crippen molar-refractivity contribution in [3.8, 4) is 0 Å². The number of hydrogen-bond donors (Lipinski definition) is 2. The normalized spacial score (nSPS) is 10.7. The Hall–Kier alpha value is -2.05. The van der Waals surface area contributed by atoms with Crippen LogP contribution in [0.4, 0.5) is 23.2 Å². The number of hydrogen-bond acceptors (Lipinski definition) is 2. The van der Waals surface area contributed by atoms with E-state index in [2.05, 4.69) is 15.5 Å². The number of halogens is 4. The lowest BCUT2D eigenvalue weighted by atomic mass is 10.2. The van der Waals surface area contributed by atoms with Crippen molar-refractivity contribution in [1.82, 2.24) is 10.2 Å². The molecule has 0 amide bonds. The zero-order chi connectivity index (χ0) is 13.3. The van der Waals surface area contributed by atoms with Crippen molar-refractivity contribution in [1.29, 1.82) is 0 Å². The zero-order valence-corrected chi connectivity index (χ0v) is 9.32. The lowest BCUT2D eigenvalue weighted by Gasteiger charge is -2.09. The van der Waals surface area contributed by atoms with E-state index in [0.29, 0.717) is 11.3 Å². The molecule has 0 aliphatic rings. The predicted octanol–water partition coefficient (Wildman–Crippen LogP) is 2.89. The van der Waals surface area contributed by atoms with E-state index >= 15 is 0 Å². The fourth-order valence-electron chi connectivity index (χ4n) is 1.47. The fraction of sp³-hybridized carbons (Fsp3) is 0.182. The van der Waals surface area contributed by atoms with Crippen molar-refractivity contribution >= 4 is 5.69 Å². The molecule has 7 heteroatoms. The van der Waals surface area contributed by atoms with Gasteiger partial charge in [0.15, 0.2) is 23.3 Å². The maximum Gasteiger partial charge on any atom is 0.185 e. The van der Waals surface area contributed by atoms with Crippen molar-refractivity contribution in [2.75, 3.05) is 5.32 Å². The van der Waals surface area contributed by atoms with E-state index in [-0.39, 0.29) is 12.6 Å². The van der Waals surface area contributed by atoms with Crippen LogP contribution >= 0.6 is 0 Å². The van der Waals surface area contributed by atoms with Crippen molar-refractivity contribution in [2.45, 2.75) is 13.5 Å². The average Bonchev–Trinajstić information content (AvgIpc) is 2.73. The number of aromatic nitrogens is 2. The van der Waals surface area contributed by atoms with Crippen LogP contribution in [-0.2, 0) is 6.54 Å². The summed E-state index contributed by atoms with van der Waals surface area (Å²) in [6.45, 7) is 1.71. The molecule has 18 heavy (non-hydrogen) atoms. The van der Waals surface area contributed by atoms with Gasteiger partial charge >= 0.3 is 0 Å². The lowest BCUT2D eigenvalue weighted by molar-refractivity contribution is 0.458. The van der Waals surface area contributed by atoms with Gasteiger partial charge in [0.25, 0.3) is 0 Å². The van der Waals surface area contributed by atoms with Crippen molar-refractivity contribution in [3.05, 3.63) is 46.8 Å². The molecule has 2 rings (SSSR count). The molecule has 0 aliphatic carbocycles. The number of nitrogens with one attached hydrogen (secondary N) is 2. The van der Waals surface area contributed by atoms with Crippen molar-refractivity contribution in [3.63, 3.8) is 0 Å². The van der Waals surface area contributed by atoms with Crippen LogP contribution in [0.3, 0.4) is 0 Å². The molecule has 3 nitrogen and oxygen atoms in total. The molecule has 1 aromatic heterocycles. The standard InChI is InChI=1S/C11H9F4N3/c1-5-6(4-17-18-5)3-16-11-9(14)7(12)2-8(13)10(11)15/h2,4,16H,3H2,1H3,(H,17,18). The number of nitrogens with zero attached hydrogens (tertiary/aromatic N) is 1. The van der Waals surface area contributed by atoms with Crippen molar-refractivity contribution in [2.24, 2.45) is 0 Å². The summed E-state index contributed by atoms with van der Waals surface area (Å²) < 4.78 is 52.5. The first kappa shape index (κ1) is 12.4. The zero-order valence-electron chi connectivity index (χ0n) is 9.32. The van der Waals surface area contributed by atoms with Gasteiger partial charge in [-0.3, -0.25) is 5.10 Å². The number of H-pyrrole nitrogens is 1. The highest BCUT2D eigenvalue weighted by Gasteiger charge is 2.18. The second kappa shape index (κ2) is 4.67. The summed E-state index contributed by atoms with van der Waals surface area (Å²) in [6, 6.07) is 0.166. The number of anilines is 1. The Morgan fingerprint density at radius 1 is 1.17 bits per heavy atom. The molecule has 0 radical (unpaired) electrons. The van der Waals surface area contributed by atoms with Gasteiger partial charge in [-0.2, -0.15) is 5.10 Å². The molecule has 2 aromatic rings. The molecule has 0 bridgehead atoms. The third kappa shape index (κ3) is 2.15. The third-order valence-corrected chi connectivity index (χ3v) is 2.50. The van der Waals surface area contributed by atoms with Gasteiger partial charge in [0.05, 0.1) is 6.20 Å². The number of aromatic amines is 1. The quantitative estimate of drug-likeness (QED) is 0.657.